The molecule has 29 heavy (non-hydrogen) atoms. The lowest BCUT2D eigenvalue weighted by molar-refractivity contribution is -0.142. The van der Waals surface area contributed by atoms with Crippen molar-refractivity contribution in [2.75, 3.05) is 32.7 Å². The number of likely N-dealkylation sites (tertiary alicyclic amines) is 2. The van der Waals surface area contributed by atoms with Gasteiger partial charge in [-0.05, 0) is 62.7 Å². The second-order valence-corrected chi connectivity index (χ2v) is 8.87. The van der Waals surface area contributed by atoms with Crippen molar-refractivity contribution >= 4 is 5.91 Å². The predicted octanol–water partition coefficient (Wildman–Crippen LogP) is 4.08. The maximum Gasteiger partial charge on any atom is 0.263 e. The summed E-state index contributed by atoms with van der Waals surface area (Å²) in [5.74, 6) is 1.29. The molecule has 5 heteroatoms. The number of carbonyl (C=O) groups is 1. The third-order valence-corrected chi connectivity index (χ3v) is 6.25. The lowest BCUT2D eigenvalue weighted by Crippen LogP contribution is -2.48. The fraction of sp³-hybridized carbons (Fsp3) is 0.667. The second kappa shape index (κ2) is 10.6. The Balaban J connectivity index is 1.55. The standard InChI is InChI=1S/C24H35N3O2/c1-19(2)23(29-22-10-6-5-9-21(22)17-25)24(28)27-15-11-20(12-16-27)18-26-13-7-3-4-8-14-26/h5-6,9-10,19-20,23H,3-4,7-8,11-16,18H2,1-2H3. The molecular weight excluding hydrogens is 362 g/mol. The van der Waals surface area contributed by atoms with E-state index >= 15 is 0 Å². The Morgan fingerprint density at radius 1 is 1.10 bits per heavy atom. The second-order valence-electron chi connectivity index (χ2n) is 8.87. The molecule has 1 aromatic rings. The first kappa shape index (κ1) is 21.6. The molecule has 0 aliphatic carbocycles. The van der Waals surface area contributed by atoms with Crippen LogP contribution in [0.4, 0.5) is 0 Å². The van der Waals surface area contributed by atoms with Crippen molar-refractivity contribution in [2.45, 2.75) is 58.5 Å². The van der Waals surface area contributed by atoms with E-state index in [9.17, 15) is 10.1 Å². The first-order chi connectivity index (χ1) is 14.1. The summed E-state index contributed by atoms with van der Waals surface area (Å²) in [7, 11) is 0. The smallest absolute Gasteiger partial charge is 0.263 e. The van der Waals surface area contributed by atoms with Crippen LogP contribution in [-0.2, 0) is 4.79 Å². The molecule has 0 saturated carbocycles. The molecule has 1 aromatic carbocycles. The number of piperidine rings is 1. The van der Waals surface area contributed by atoms with Gasteiger partial charge in [0.1, 0.15) is 11.8 Å². The van der Waals surface area contributed by atoms with Gasteiger partial charge in [0.25, 0.3) is 5.91 Å². The molecule has 0 aromatic heterocycles. The first-order valence-electron chi connectivity index (χ1n) is 11.3. The monoisotopic (exact) mass is 397 g/mol. The van der Waals surface area contributed by atoms with Crippen molar-refractivity contribution in [3.8, 4) is 11.8 Å². The van der Waals surface area contributed by atoms with Gasteiger partial charge in [-0.25, -0.2) is 0 Å². The number of amides is 1. The number of carbonyl (C=O) groups excluding carboxylic acids is 1. The van der Waals surface area contributed by atoms with Gasteiger partial charge in [0.2, 0.25) is 0 Å². The number of nitrogens with zero attached hydrogens (tertiary/aromatic N) is 3. The predicted molar refractivity (Wildman–Crippen MR) is 115 cm³/mol. The number of hydrogen-bond acceptors (Lipinski definition) is 4. The van der Waals surface area contributed by atoms with Crippen LogP contribution in [0.3, 0.4) is 0 Å². The molecule has 0 radical (unpaired) electrons. The van der Waals surface area contributed by atoms with Crippen LogP contribution in [0, 0.1) is 23.2 Å². The Labute approximate surface area is 175 Å². The molecule has 2 aliphatic heterocycles. The van der Waals surface area contributed by atoms with E-state index in [1.165, 1.54) is 45.3 Å². The lowest BCUT2D eigenvalue weighted by Gasteiger charge is -2.37. The zero-order valence-corrected chi connectivity index (χ0v) is 18.0. The Hall–Kier alpha value is -2.06. The molecule has 1 atom stereocenters. The van der Waals surface area contributed by atoms with Crippen molar-refractivity contribution in [1.82, 2.24) is 9.80 Å². The molecule has 2 saturated heterocycles. The van der Waals surface area contributed by atoms with E-state index < -0.39 is 6.10 Å². The molecule has 158 valence electrons. The van der Waals surface area contributed by atoms with Gasteiger partial charge in [-0.3, -0.25) is 4.79 Å². The molecule has 1 unspecified atom stereocenters. The summed E-state index contributed by atoms with van der Waals surface area (Å²) in [6.45, 7) is 9.28. The maximum atomic E-state index is 13.2. The molecule has 0 N–H and O–H groups in total. The fourth-order valence-corrected chi connectivity index (χ4v) is 4.47. The quantitative estimate of drug-likeness (QED) is 0.726. The number of nitriles is 1. The van der Waals surface area contributed by atoms with Gasteiger partial charge in [-0.15, -0.1) is 0 Å². The van der Waals surface area contributed by atoms with Crippen LogP contribution in [0.1, 0.15) is 57.9 Å². The van der Waals surface area contributed by atoms with E-state index in [-0.39, 0.29) is 11.8 Å². The van der Waals surface area contributed by atoms with E-state index in [2.05, 4.69) is 11.0 Å². The third-order valence-electron chi connectivity index (χ3n) is 6.25. The Bertz CT molecular complexity index is 696. The Kier molecular flexibility index (Phi) is 7.94. The third kappa shape index (κ3) is 5.96. The van der Waals surface area contributed by atoms with Gasteiger partial charge in [0.05, 0.1) is 5.56 Å². The van der Waals surface area contributed by atoms with E-state index in [4.69, 9.17) is 4.74 Å². The topological polar surface area (TPSA) is 56.6 Å². The van der Waals surface area contributed by atoms with Crippen LogP contribution in [0.25, 0.3) is 0 Å². The SMILES string of the molecule is CC(C)C(Oc1ccccc1C#N)C(=O)N1CCC(CN2CCCCCC2)CC1. The molecule has 2 heterocycles. The normalized spacial score (nSPS) is 20.1. The zero-order chi connectivity index (χ0) is 20.6. The van der Waals surface area contributed by atoms with E-state index in [0.717, 1.165) is 25.9 Å². The minimum Gasteiger partial charge on any atom is -0.479 e. The number of ether oxygens (including phenoxy) is 1. The van der Waals surface area contributed by atoms with Crippen molar-refractivity contribution in [1.29, 1.82) is 5.26 Å². The summed E-state index contributed by atoms with van der Waals surface area (Å²) in [6.07, 6.45) is 6.99. The number of para-hydroxylation sites is 1. The lowest BCUT2D eigenvalue weighted by atomic mass is 9.95. The van der Waals surface area contributed by atoms with Gasteiger partial charge < -0.3 is 14.5 Å². The summed E-state index contributed by atoms with van der Waals surface area (Å²) < 4.78 is 6.05. The van der Waals surface area contributed by atoms with Crippen LogP contribution in [0.2, 0.25) is 0 Å². The highest BCUT2D eigenvalue weighted by atomic mass is 16.5. The van der Waals surface area contributed by atoms with Gasteiger partial charge in [0, 0.05) is 19.6 Å². The largest absolute Gasteiger partial charge is 0.479 e. The Morgan fingerprint density at radius 2 is 1.76 bits per heavy atom. The molecule has 0 bridgehead atoms. The van der Waals surface area contributed by atoms with Gasteiger partial charge in [-0.1, -0.05) is 38.8 Å². The number of hydrogen-bond donors (Lipinski definition) is 0. The molecular formula is C24H35N3O2. The average molecular weight is 398 g/mol. The Morgan fingerprint density at radius 3 is 2.38 bits per heavy atom. The first-order valence-corrected chi connectivity index (χ1v) is 11.3. The summed E-state index contributed by atoms with van der Waals surface area (Å²) >= 11 is 0. The van der Waals surface area contributed by atoms with Gasteiger partial charge in [0.15, 0.2) is 6.10 Å². The van der Waals surface area contributed by atoms with Crippen molar-refractivity contribution in [3.63, 3.8) is 0 Å². The maximum absolute atomic E-state index is 13.2. The highest BCUT2D eigenvalue weighted by Crippen LogP contribution is 2.25. The van der Waals surface area contributed by atoms with Crippen LogP contribution in [0.15, 0.2) is 24.3 Å². The molecule has 2 aliphatic rings. The van der Waals surface area contributed by atoms with Crippen LogP contribution in [0.5, 0.6) is 5.75 Å². The molecule has 3 rings (SSSR count). The average Bonchev–Trinajstić information content (AvgIpc) is 3.01. The minimum atomic E-state index is -0.549. The van der Waals surface area contributed by atoms with Crippen LogP contribution < -0.4 is 4.74 Å². The van der Waals surface area contributed by atoms with E-state index in [0.29, 0.717) is 17.2 Å². The summed E-state index contributed by atoms with van der Waals surface area (Å²) in [4.78, 5) is 17.8. The van der Waals surface area contributed by atoms with Gasteiger partial charge >= 0.3 is 0 Å². The molecule has 1 amide bonds. The van der Waals surface area contributed by atoms with E-state index in [1.54, 1.807) is 12.1 Å². The van der Waals surface area contributed by atoms with Crippen molar-refractivity contribution in [3.05, 3.63) is 29.8 Å². The number of rotatable bonds is 6. The fourth-order valence-electron chi connectivity index (χ4n) is 4.47. The highest BCUT2D eigenvalue weighted by Gasteiger charge is 2.32. The van der Waals surface area contributed by atoms with Crippen LogP contribution >= 0.6 is 0 Å². The molecule has 2 fully saturated rings. The van der Waals surface area contributed by atoms with E-state index in [1.807, 2.05) is 30.9 Å². The summed E-state index contributed by atoms with van der Waals surface area (Å²) in [5.41, 5.74) is 0.474. The van der Waals surface area contributed by atoms with Crippen molar-refractivity contribution in [2.24, 2.45) is 11.8 Å². The minimum absolute atomic E-state index is 0.0454. The molecule has 5 nitrogen and oxygen atoms in total. The van der Waals surface area contributed by atoms with Crippen LogP contribution in [-0.4, -0.2) is 54.5 Å². The zero-order valence-electron chi connectivity index (χ0n) is 18.0. The highest BCUT2D eigenvalue weighted by molar-refractivity contribution is 5.81. The summed E-state index contributed by atoms with van der Waals surface area (Å²) in [5, 5.41) is 9.31. The van der Waals surface area contributed by atoms with Gasteiger partial charge in [-0.2, -0.15) is 5.26 Å². The molecule has 0 spiro atoms. The summed E-state index contributed by atoms with van der Waals surface area (Å²) in [6, 6.07) is 9.30. The number of benzene rings is 1. The van der Waals surface area contributed by atoms with Crippen molar-refractivity contribution < 1.29 is 9.53 Å².